The SMILES string of the molecule is CC(C)(C)OC(=O)NCc1ccc(Cl)c(Oc2cccc(C[C@H]3[C@@H](NS(=O)(=O)C4CC4)C(F)(F)CN3C(=O)OC(C)(C)C)c2F)n1.[B-].[Na+]. The standard InChI is InChI=1S/C30H38ClF3N4O7S.B.Na/c1-28(2,3)44-26(39)35-15-18-10-13-20(31)25(36-18)43-22-9-7-8-17(23(22)32)14-21-24(37-46(41,42)19-11-12-19)30(33,34)16-38(21)27(40)45-29(4,5)6;;/h7-10,13,19,21,24,37H,11-12,14-16H2,1-6H3,(H,35,39);;/q;-1;+1/t21-,24+;;/m0../s1. The molecule has 1 aromatic heterocycles. The van der Waals surface area contributed by atoms with Crippen LogP contribution in [-0.4, -0.2) is 79.9 Å². The van der Waals surface area contributed by atoms with Gasteiger partial charge in [0.05, 0.1) is 30.1 Å². The number of carbonyl (C=O) groups excluding carboxylic acids is 2. The molecule has 4 rings (SSSR count). The summed E-state index contributed by atoms with van der Waals surface area (Å²) in [5.74, 6) is -5.19. The number of alkyl carbamates (subject to hydrolysis) is 1. The van der Waals surface area contributed by atoms with E-state index in [0.29, 0.717) is 18.5 Å². The zero-order valence-electron chi connectivity index (χ0n) is 27.9. The zero-order chi connectivity index (χ0) is 34.2. The molecule has 0 bridgehead atoms. The molecule has 1 aliphatic heterocycles. The van der Waals surface area contributed by atoms with Gasteiger partial charge in [0.25, 0.3) is 5.92 Å². The topological polar surface area (TPSA) is 136 Å². The molecular weight excluding hydrogens is 687 g/mol. The number of pyridine rings is 1. The number of halogens is 4. The number of nitrogens with one attached hydrogen (secondary N) is 2. The van der Waals surface area contributed by atoms with Crippen molar-refractivity contribution in [1.82, 2.24) is 19.9 Å². The molecular formula is C30H38BClF3N4NaO7S. The van der Waals surface area contributed by atoms with E-state index >= 15 is 13.2 Å². The van der Waals surface area contributed by atoms with Crippen LogP contribution in [0.3, 0.4) is 0 Å². The smallest absolute Gasteiger partial charge is 1.00 e. The second-order valence-corrected chi connectivity index (χ2v) is 15.7. The summed E-state index contributed by atoms with van der Waals surface area (Å²) in [6, 6.07) is 3.40. The maximum absolute atomic E-state index is 15.9. The quantitative estimate of drug-likeness (QED) is 0.377. The van der Waals surface area contributed by atoms with Gasteiger partial charge in [-0.1, -0.05) is 23.7 Å². The summed E-state index contributed by atoms with van der Waals surface area (Å²) >= 11 is 6.25. The van der Waals surface area contributed by atoms with Gasteiger partial charge < -0.3 is 27.9 Å². The molecule has 1 aliphatic carbocycles. The summed E-state index contributed by atoms with van der Waals surface area (Å²) in [5, 5.41) is 1.76. The second-order valence-electron chi connectivity index (χ2n) is 13.3. The molecule has 2 amide bonds. The largest absolute Gasteiger partial charge is 1.00 e. The van der Waals surface area contributed by atoms with Crippen LogP contribution < -0.4 is 44.3 Å². The number of rotatable bonds is 9. The molecule has 2 fully saturated rings. The normalized spacial score (nSPS) is 19.1. The number of ether oxygens (including phenoxy) is 3. The van der Waals surface area contributed by atoms with Crippen LogP contribution in [0.25, 0.3) is 0 Å². The molecule has 1 aromatic carbocycles. The number of hydrogen-bond donors (Lipinski definition) is 2. The molecule has 2 atom stereocenters. The van der Waals surface area contributed by atoms with Crippen molar-refractivity contribution < 1.29 is 74.9 Å². The van der Waals surface area contributed by atoms with Crippen molar-refractivity contribution in [2.75, 3.05) is 6.54 Å². The Morgan fingerprint density at radius 3 is 2.27 bits per heavy atom. The summed E-state index contributed by atoms with van der Waals surface area (Å²) < 4.78 is 90.5. The predicted molar refractivity (Wildman–Crippen MR) is 169 cm³/mol. The first-order valence-electron chi connectivity index (χ1n) is 14.6. The van der Waals surface area contributed by atoms with Crippen molar-refractivity contribution in [3.05, 3.63) is 52.4 Å². The average Bonchev–Trinajstić information content (AvgIpc) is 3.73. The number of hydrogen-bond acceptors (Lipinski definition) is 8. The van der Waals surface area contributed by atoms with Gasteiger partial charge in [-0.25, -0.2) is 40.9 Å². The van der Waals surface area contributed by atoms with Gasteiger partial charge in [-0.05, 0) is 84.6 Å². The third kappa shape index (κ3) is 11.1. The molecule has 258 valence electrons. The maximum atomic E-state index is 15.9. The van der Waals surface area contributed by atoms with E-state index in [1.807, 2.05) is 0 Å². The van der Waals surface area contributed by atoms with Gasteiger partial charge in [-0.2, -0.15) is 0 Å². The molecule has 48 heavy (non-hydrogen) atoms. The average molecular weight is 725 g/mol. The molecule has 0 spiro atoms. The van der Waals surface area contributed by atoms with E-state index in [1.54, 1.807) is 41.5 Å². The predicted octanol–water partition coefficient (Wildman–Crippen LogP) is 2.56. The number of likely N-dealkylation sites (tertiary alicyclic amines) is 1. The van der Waals surface area contributed by atoms with E-state index in [0.717, 1.165) is 4.90 Å². The van der Waals surface area contributed by atoms with Crippen LogP contribution in [-0.2, 0) is 32.5 Å². The van der Waals surface area contributed by atoms with Crippen molar-refractivity contribution in [3.8, 4) is 11.6 Å². The minimum absolute atomic E-state index is 0. The van der Waals surface area contributed by atoms with E-state index in [9.17, 15) is 18.0 Å². The fourth-order valence-corrected chi connectivity index (χ4v) is 6.48. The molecule has 2 aromatic rings. The van der Waals surface area contributed by atoms with Crippen LogP contribution in [0.2, 0.25) is 5.02 Å². The number of alkyl halides is 2. The van der Waals surface area contributed by atoms with Gasteiger partial charge >= 0.3 is 41.7 Å². The Bertz CT molecular complexity index is 1590. The first kappa shape index (κ1) is 41.9. The van der Waals surface area contributed by atoms with E-state index in [1.165, 1.54) is 30.3 Å². The molecule has 4 radical (unpaired) electrons. The Kier molecular flexibility index (Phi) is 13.8. The molecule has 1 saturated heterocycles. The Morgan fingerprint density at radius 1 is 1.06 bits per heavy atom. The van der Waals surface area contributed by atoms with E-state index in [2.05, 4.69) is 15.0 Å². The molecule has 2 heterocycles. The zero-order valence-corrected chi connectivity index (χ0v) is 31.5. The number of nitrogens with zero attached hydrogens (tertiary/aromatic N) is 2. The third-order valence-electron chi connectivity index (χ3n) is 6.87. The Hall–Kier alpha value is -2.24. The molecule has 18 heteroatoms. The van der Waals surface area contributed by atoms with Gasteiger partial charge in [0, 0.05) is 0 Å². The summed E-state index contributed by atoms with van der Waals surface area (Å²) in [6.45, 7) is 8.62. The third-order valence-corrected chi connectivity index (χ3v) is 9.09. The van der Waals surface area contributed by atoms with Crippen LogP contribution in [0.5, 0.6) is 11.6 Å². The molecule has 11 nitrogen and oxygen atoms in total. The molecule has 0 unspecified atom stereocenters. The van der Waals surface area contributed by atoms with Crippen molar-refractivity contribution in [3.63, 3.8) is 0 Å². The fourth-order valence-electron chi connectivity index (χ4n) is 4.70. The van der Waals surface area contributed by atoms with E-state index in [-0.39, 0.29) is 66.7 Å². The minimum atomic E-state index is -4.12. The van der Waals surface area contributed by atoms with Gasteiger partial charge in [0.15, 0.2) is 11.6 Å². The van der Waals surface area contributed by atoms with Crippen LogP contribution in [0.15, 0.2) is 30.3 Å². The van der Waals surface area contributed by atoms with E-state index < -0.39 is 75.5 Å². The first-order valence-corrected chi connectivity index (χ1v) is 16.5. The maximum Gasteiger partial charge on any atom is 1.00 e. The van der Waals surface area contributed by atoms with Crippen molar-refractivity contribution in [1.29, 1.82) is 0 Å². The van der Waals surface area contributed by atoms with Crippen molar-refractivity contribution in [2.24, 2.45) is 0 Å². The number of carbonyl (C=O) groups is 2. The number of sulfonamides is 1. The molecule has 2 N–H and O–H groups in total. The number of aromatic nitrogens is 1. The Morgan fingerprint density at radius 2 is 1.69 bits per heavy atom. The minimum Gasteiger partial charge on any atom is -1.00 e. The van der Waals surface area contributed by atoms with Gasteiger partial charge in [0.1, 0.15) is 22.3 Å². The first-order chi connectivity index (χ1) is 21.1. The Labute approximate surface area is 307 Å². The van der Waals surface area contributed by atoms with Crippen LogP contribution in [0, 0.1) is 5.82 Å². The molecule has 1 saturated carbocycles. The van der Waals surface area contributed by atoms with Crippen LogP contribution >= 0.6 is 11.6 Å². The summed E-state index contributed by atoms with van der Waals surface area (Å²) in [4.78, 5) is 30.0. The molecule has 2 aliphatic rings. The van der Waals surface area contributed by atoms with Gasteiger partial charge in [0.2, 0.25) is 15.9 Å². The summed E-state index contributed by atoms with van der Waals surface area (Å²) in [6.07, 6.45) is -1.61. The van der Waals surface area contributed by atoms with E-state index in [4.69, 9.17) is 25.8 Å². The van der Waals surface area contributed by atoms with Crippen molar-refractivity contribution >= 4 is 42.2 Å². The number of benzene rings is 1. The van der Waals surface area contributed by atoms with Gasteiger partial charge in [-0.15, -0.1) is 0 Å². The van der Waals surface area contributed by atoms with Crippen LogP contribution in [0.4, 0.5) is 22.8 Å². The summed E-state index contributed by atoms with van der Waals surface area (Å²) in [7, 11) is -4.12. The second kappa shape index (κ2) is 15.8. The Balaban J connectivity index is 0.00000400. The van der Waals surface area contributed by atoms with Crippen LogP contribution in [0.1, 0.15) is 65.6 Å². The number of amides is 2. The fraction of sp³-hybridized carbons (Fsp3) is 0.567. The monoisotopic (exact) mass is 724 g/mol. The summed E-state index contributed by atoms with van der Waals surface area (Å²) in [5.41, 5.74) is -1.57. The van der Waals surface area contributed by atoms with Crippen molar-refractivity contribution in [2.45, 2.75) is 102 Å². The van der Waals surface area contributed by atoms with Gasteiger partial charge in [-0.3, -0.25) is 4.90 Å².